The summed E-state index contributed by atoms with van der Waals surface area (Å²) < 4.78 is 12.9. The van der Waals surface area contributed by atoms with Gasteiger partial charge in [0.25, 0.3) is 0 Å². The molecule has 3 rings (SSSR count). The normalized spacial score (nSPS) is 20.8. The van der Waals surface area contributed by atoms with E-state index in [4.69, 9.17) is 0 Å². The highest BCUT2D eigenvalue weighted by Gasteiger charge is 2.30. The average Bonchev–Trinajstić information content (AvgIpc) is 2.70. The molecule has 1 unspecified atom stereocenters. The van der Waals surface area contributed by atoms with Gasteiger partial charge in [-0.25, -0.2) is 4.39 Å². The van der Waals surface area contributed by atoms with E-state index in [1.807, 2.05) is 11.8 Å². The molecular formula is C21H31FN4O2. The molecule has 0 radical (unpaired) electrons. The van der Waals surface area contributed by atoms with Gasteiger partial charge in [-0.1, -0.05) is 6.92 Å². The van der Waals surface area contributed by atoms with E-state index in [2.05, 4.69) is 22.0 Å². The first-order chi connectivity index (χ1) is 13.4. The smallest absolute Gasteiger partial charge is 0.239 e. The van der Waals surface area contributed by atoms with Gasteiger partial charge in [-0.15, -0.1) is 0 Å². The summed E-state index contributed by atoms with van der Waals surface area (Å²) in [6.07, 6.45) is 2.19. The van der Waals surface area contributed by atoms with Crippen molar-refractivity contribution >= 4 is 17.5 Å². The Bertz CT molecular complexity index is 665. The Labute approximate surface area is 166 Å². The van der Waals surface area contributed by atoms with Crippen molar-refractivity contribution in [3.8, 4) is 0 Å². The van der Waals surface area contributed by atoms with Crippen LogP contribution >= 0.6 is 0 Å². The van der Waals surface area contributed by atoms with Crippen molar-refractivity contribution in [2.45, 2.75) is 32.7 Å². The standard InChI is InChI=1S/C21H31FN4O2/c1-16-7-9-26(10-8-16)21(28)17(2)25-13-11-24(12-14-25)15-20(27)23-19-5-3-18(22)4-6-19/h3-6,16-17H,7-15H2,1-2H3,(H,23,27). The second kappa shape index (κ2) is 9.47. The van der Waals surface area contributed by atoms with E-state index < -0.39 is 0 Å². The fourth-order valence-corrected chi connectivity index (χ4v) is 3.89. The summed E-state index contributed by atoms with van der Waals surface area (Å²) in [7, 11) is 0. The van der Waals surface area contributed by atoms with Crippen LogP contribution in [0, 0.1) is 11.7 Å². The molecule has 0 aromatic heterocycles. The van der Waals surface area contributed by atoms with Crippen molar-refractivity contribution in [2.24, 2.45) is 5.92 Å². The number of halogens is 1. The van der Waals surface area contributed by atoms with E-state index in [1.54, 1.807) is 12.1 Å². The van der Waals surface area contributed by atoms with Gasteiger partial charge in [0.2, 0.25) is 11.8 Å². The molecule has 0 bridgehead atoms. The number of amides is 2. The van der Waals surface area contributed by atoms with Gasteiger partial charge in [-0.2, -0.15) is 0 Å². The zero-order chi connectivity index (χ0) is 20.1. The van der Waals surface area contributed by atoms with Crippen LogP contribution in [0.4, 0.5) is 10.1 Å². The minimum Gasteiger partial charge on any atom is -0.341 e. The fourth-order valence-electron chi connectivity index (χ4n) is 3.89. The van der Waals surface area contributed by atoms with Crippen molar-refractivity contribution < 1.29 is 14.0 Å². The Kier molecular flexibility index (Phi) is 7.02. The Morgan fingerprint density at radius 2 is 1.68 bits per heavy atom. The summed E-state index contributed by atoms with van der Waals surface area (Å²) in [4.78, 5) is 31.3. The molecule has 0 spiro atoms. The summed E-state index contributed by atoms with van der Waals surface area (Å²) in [5.74, 6) is 0.516. The van der Waals surface area contributed by atoms with E-state index in [9.17, 15) is 14.0 Å². The SMILES string of the molecule is CC1CCN(C(=O)C(C)N2CCN(CC(=O)Nc3ccc(F)cc3)CC2)CC1. The van der Waals surface area contributed by atoms with Crippen LogP contribution < -0.4 is 5.32 Å². The molecule has 2 saturated heterocycles. The van der Waals surface area contributed by atoms with E-state index in [1.165, 1.54) is 12.1 Å². The predicted octanol–water partition coefficient (Wildman–Crippen LogP) is 2.03. The number of benzene rings is 1. The number of hydrogen-bond acceptors (Lipinski definition) is 4. The Hall–Kier alpha value is -1.99. The molecule has 0 aliphatic carbocycles. The molecule has 6 nitrogen and oxygen atoms in total. The fraction of sp³-hybridized carbons (Fsp3) is 0.619. The number of rotatable bonds is 5. The van der Waals surface area contributed by atoms with Gasteiger partial charge in [-0.05, 0) is 49.9 Å². The minimum atomic E-state index is -0.322. The first-order valence-corrected chi connectivity index (χ1v) is 10.2. The number of nitrogens with zero attached hydrogens (tertiary/aromatic N) is 3. The zero-order valence-corrected chi connectivity index (χ0v) is 16.9. The van der Waals surface area contributed by atoms with Crippen LogP contribution in [0.25, 0.3) is 0 Å². The summed E-state index contributed by atoms with van der Waals surface area (Å²) >= 11 is 0. The topological polar surface area (TPSA) is 55.9 Å². The Balaban J connectivity index is 1.41. The Morgan fingerprint density at radius 1 is 1.07 bits per heavy atom. The largest absolute Gasteiger partial charge is 0.341 e. The van der Waals surface area contributed by atoms with Crippen molar-refractivity contribution in [2.75, 3.05) is 51.1 Å². The molecule has 1 aromatic carbocycles. The number of likely N-dealkylation sites (tertiary alicyclic amines) is 1. The molecule has 1 atom stereocenters. The first-order valence-electron chi connectivity index (χ1n) is 10.2. The molecule has 2 aliphatic rings. The van der Waals surface area contributed by atoms with Gasteiger partial charge in [0.15, 0.2) is 0 Å². The molecule has 28 heavy (non-hydrogen) atoms. The van der Waals surface area contributed by atoms with Crippen molar-refractivity contribution in [1.29, 1.82) is 0 Å². The van der Waals surface area contributed by atoms with Gasteiger partial charge >= 0.3 is 0 Å². The van der Waals surface area contributed by atoms with Crippen LogP contribution in [0.5, 0.6) is 0 Å². The summed E-state index contributed by atoms with van der Waals surface area (Å²) in [5, 5.41) is 2.79. The second-order valence-corrected chi connectivity index (χ2v) is 8.05. The highest BCUT2D eigenvalue weighted by atomic mass is 19.1. The third-order valence-corrected chi connectivity index (χ3v) is 5.90. The number of hydrogen-bond donors (Lipinski definition) is 1. The predicted molar refractivity (Wildman–Crippen MR) is 107 cm³/mol. The van der Waals surface area contributed by atoms with Crippen molar-refractivity contribution in [3.63, 3.8) is 0 Å². The molecule has 7 heteroatoms. The van der Waals surface area contributed by atoms with E-state index in [-0.39, 0.29) is 23.7 Å². The maximum atomic E-state index is 12.9. The highest BCUT2D eigenvalue weighted by molar-refractivity contribution is 5.92. The van der Waals surface area contributed by atoms with Gasteiger partial charge in [0.05, 0.1) is 12.6 Å². The lowest BCUT2D eigenvalue weighted by Crippen LogP contribution is -2.56. The van der Waals surface area contributed by atoms with E-state index in [0.29, 0.717) is 18.2 Å². The van der Waals surface area contributed by atoms with Gasteiger partial charge in [0, 0.05) is 45.0 Å². The van der Waals surface area contributed by atoms with Gasteiger partial charge < -0.3 is 10.2 Å². The molecular weight excluding hydrogens is 359 g/mol. The minimum absolute atomic E-state index is 0.105. The molecule has 2 fully saturated rings. The number of nitrogens with one attached hydrogen (secondary N) is 1. The lowest BCUT2D eigenvalue weighted by molar-refractivity contribution is -0.138. The third kappa shape index (κ3) is 5.52. The van der Waals surface area contributed by atoms with Crippen LogP contribution in [-0.4, -0.2) is 78.4 Å². The van der Waals surface area contributed by atoms with Crippen LogP contribution in [0.15, 0.2) is 24.3 Å². The van der Waals surface area contributed by atoms with Crippen molar-refractivity contribution in [1.82, 2.24) is 14.7 Å². The Morgan fingerprint density at radius 3 is 2.29 bits per heavy atom. The zero-order valence-electron chi connectivity index (χ0n) is 16.9. The van der Waals surface area contributed by atoms with Crippen LogP contribution in [0.1, 0.15) is 26.7 Å². The van der Waals surface area contributed by atoms with Crippen LogP contribution in [0.2, 0.25) is 0 Å². The average molecular weight is 391 g/mol. The number of anilines is 1. The summed E-state index contributed by atoms with van der Waals surface area (Å²) in [6, 6.07) is 5.66. The monoisotopic (exact) mass is 390 g/mol. The van der Waals surface area contributed by atoms with Crippen molar-refractivity contribution in [3.05, 3.63) is 30.1 Å². The molecule has 154 valence electrons. The maximum absolute atomic E-state index is 12.9. The first kappa shape index (κ1) is 20.7. The third-order valence-electron chi connectivity index (χ3n) is 5.90. The molecule has 2 aliphatic heterocycles. The molecule has 1 N–H and O–H groups in total. The number of carbonyl (C=O) groups excluding carboxylic acids is 2. The summed E-state index contributed by atoms with van der Waals surface area (Å²) in [6.45, 7) is 9.35. The summed E-state index contributed by atoms with van der Waals surface area (Å²) in [5.41, 5.74) is 0.597. The quantitative estimate of drug-likeness (QED) is 0.836. The van der Waals surface area contributed by atoms with E-state index in [0.717, 1.165) is 52.1 Å². The maximum Gasteiger partial charge on any atom is 0.239 e. The van der Waals surface area contributed by atoms with Crippen LogP contribution in [0.3, 0.4) is 0 Å². The second-order valence-electron chi connectivity index (χ2n) is 8.05. The highest BCUT2D eigenvalue weighted by Crippen LogP contribution is 2.18. The van der Waals surface area contributed by atoms with Gasteiger partial charge in [0.1, 0.15) is 5.82 Å². The molecule has 2 heterocycles. The molecule has 2 amide bonds. The number of piperidine rings is 1. The molecule has 0 saturated carbocycles. The molecule has 1 aromatic rings. The van der Waals surface area contributed by atoms with Crippen LogP contribution in [-0.2, 0) is 9.59 Å². The lowest BCUT2D eigenvalue weighted by Gasteiger charge is -2.40. The lowest BCUT2D eigenvalue weighted by atomic mass is 9.98. The van der Waals surface area contributed by atoms with E-state index >= 15 is 0 Å². The number of piperazine rings is 1. The number of carbonyl (C=O) groups is 2. The van der Waals surface area contributed by atoms with Gasteiger partial charge in [-0.3, -0.25) is 19.4 Å².